The Hall–Kier alpha value is -1.93. The number of carbonyl (C=O) groups is 2. The van der Waals surface area contributed by atoms with Crippen molar-refractivity contribution < 1.29 is 22.7 Å². The zero-order chi connectivity index (χ0) is 21.0. The molecule has 2 aromatic rings. The predicted octanol–water partition coefficient (Wildman–Crippen LogP) is 4.21. The van der Waals surface area contributed by atoms with Crippen LogP contribution in [0.4, 0.5) is 0 Å². The third kappa shape index (κ3) is 5.17. The lowest BCUT2D eigenvalue weighted by Crippen LogP contribution is -2.35. The Kier molecular flexibility index (Phi) is 6.95. The molecule has 0 amide bonds. The molecule has 0 spiro atoms. The maximum atomic E-state index is 12.8. The number of halogens is 2. The van der Waals surface area contributed by atoms with E-state index in [0.717, 1.165) is 19.3 Å². The van der Waals surface area contributed by atoms with Crippen LogP contribution in [-0.4, -0.2) is 44.2 Å². The van der Waals surface area contributed by atoms with Crippen LogP contribution in [0, 0.1) is 0 Å². The number of ether oxygens (including phenoxy) is 1. The van der Waals surface area contributed by atoms with Crippen molar-refractivity contribution in [2.75, 3.05) is 19.7 Å². The Labute approximate surface area is 179 Å². The molecule has 1 fully saturated rings. The fourth-order valence-corrected chi connectivity index (χ4v) is 5.12. The summed E-state index contributed by atoms with van der Waals surface area (Å²) in [6.45, 7) is 0.407. The lowest BCUT2D eigenvalue weighted by Gasteiger charge is -2.25. The van der Waals surface area contributed by atoms with Gasteiger partial charge in [-0.05, 0) is 49.2 Å². The summed E-state index contributed by atoms with van der Waals surface area (Å²) >= 11 is 11.8. The summed E-state index contributed by atoms with van der Waals surface area (Å²) in [5, 5.41) is 0.545. The van der Waals surface area contributed by atoms with Gasteiger partial charge in [0.15, 0.2) is 6.61 Å². The number of hydrogen-bond acceptors (Lipinski definition) is 5. The second-order valence-electron chi connectivity index (χ2n) is 6.62. The van der Waals surface area contributed by atoms with Crippen molar-refractivity contribution in [3.8, 4) is 0 Å². The summed E-state index contributed by atoms with van der Waals surface area (Å²) in [5.41, 5.74) is 0.239. The lowest BCUT2D eigenvalue weighted by atomic mass is 10.1. The fourth-order valence-electron chi connectivity index (χ4n) is 3.05. The second-order valence-corrected chi connectivity index (χ2v) is 9.40. The minimum absolute atomic E-state index is 0.0286. The molecule has 1 heterocycles. The summed E-state index contributed by atoms with van der Waals surface area (Å²) in [7, 11) is -3.67. The third-order valence-electron chi connectivity index (χ3n) is 4.59. The van der Waals surface area contributed by atoms with Crippen molar-refractivity contribution >= 4 is 45.0 Å². The highest BCUT2D eigenvalue weighted by atomic mass is 35.5. The summed E-state index contributed by atoms with van der Waals surface area (Å²) in [6, 6.07) is 10.0. The molecule has 0 aromatic heterocycles. The van der Waals surface area contributed by atoms with Crippen molar-refractivity contribution in [1.82, 2.24) is 4.31 Å². The molecule has 0 atom stereocenters. The number of carbonyl (C=O) groups excluding carboxylic acids is 2. The molecular formula is C20H19Cl2NO5S. The number of sulfonamides is 1. The molecule has 1 aliphatic heterocycles. The number of hydrogen-bond donors (Lipinski definition) is 0. The van der Waals surface area contributed by atoms with Crippen molar-refractivity contribution in [1.29, 1.82) is 0 Å². The highest BCUT2D eigenvalue weighted by molar-refractivity contribution is 7.89. The van der Waals surface area contributed by atoms with Gasteiger partial charge in [-0.15, -0.1) is 0 Å². The molecule has 0 unspecified atom stereocenters. The van der Waals surface area contributed by atoms with Crippen LogP contribution < -0.4 is 0 Å². The van der Waals surface area contributed by atoms with Crippen LogP contribution in [0.5, 0.6) is 0 Å². The predicted molar refractivity (Wildman–Crippen MR) is 110 cm³/mol. The number of Topliss-reactive ketones (excluding diaryl/α,β-unsaturated/α-hetero) is 1. The molecule has 0 saturated carbocycles. The molecular weight excluding hydrogens is 437 g/mol. The number of rotatable bonds is 6. The van der Waals surface area contributed by atoms with Crippen LogP contribution in [0.1, 0.15) is 40.0 Å². The average Bonchev–Trinajstić information content (AvgIpc) is 2.72. The molecule has 6 nitrogen and oxygen atoms in total. The van der Waals surface area contributed by atoms with Gasteiger partial charge in [-0.1, -0.05) is 35.7 Å². The maximum Gasteiger partial charge on any atom is 0.338 e. The van der Waals surface area contributed by atoms with E-state index in [1.807, 2.05) is 0 Å². The Morgan fingerprint density at radius 1 is 1.00 bits per heavy atom. The van der Waals surface area contributed by atoms with Crippen molar-refractivity contribution in [2.45, 2.75) is 24.2 Å². The van der Waals surface area contributed by atoms with E-state index in [9.17, 15) is 18.0 Å². The maximum absolute atomic E-state index is 12.8. The number of piperidine rings is 1. The van der Waals surface area contributed by atoms with E-state index in [-0.39, 0.29) is 21.0 Å². The van der Waals surface area contributed by atoms with Gasteiger partial charge >= 0.3 is 5.97 Å². The van der Waals surface area contributed by atoms with Crippen LogP contribution in [0.3, 0.4) is 0 Å². The zero-order valence-corrected chi connectivity index (χ0v) is 17.8. The van der Waals surface area contributed by atoms with Gasteiger partial charge in [-0.25, -0.2) is 13.2 Å². The number of benzene rings is 2. The van der Waals surface area contributed by atoms with E-state index in [2.05, 4.69) is 0 Å². The minimum atomic E-state index is -3.67. The molecule has 29 heavy (non-hydrogen) atoms. The van der Waals surface area contributed by atoms with Crippen LogP contribution in [-0.2, 0) is 14.8 Å². The number of nitrogens with zero attached hydrogens (tertiary/aromatic N) is 1. The molecule has 0 N–H and O–H groups in total. The quantitative estimate of drug-likeness (QED) is 0.481. The van der Waals surface area contributed by atoms with Crippen molar-refractivity contribution in [3.63, 3.8) is 0 Å². The molecule has 0 aliphatic carbocycles. The first-order chi connectivity index (χ1) is 13.8. The monoisotopic (exact) mass is 455 g/mol. The van der Waals surface area contributed by atoms with Gasteiger partial charge in [0.25, 0.3) is 0 Å². The van der Waals surface area contributed by atoms with E-state index >= 15 is 0 Å². The Morgan fingerprint density at radius 3 is 2.41 bits per heavy atom. The van der Waals surface area contributed by atoms with Crippen LogP contribution in [0.25, 0.3) is 0 Å². The van der Waals surface area contributed by atoms with Crippen LogP contribution in [0.15, 0.2) is 47.4 Å². The van der Waals surface area contributed by atoms with Gasteiger partial charge in [0.1, 0.15) is 0 Å². The summed E-state index contributed by atoms with van der Waals surface area (Å²) in [5.74, 6) is -1.28. The Morgan fingerprint density at radius 2 is 1.72 bits per heavy atom. The van der Waals surface area contributed by atoms with Gasteiger partial charge in [0.05, 0.1) is 15.5 Å². The van der Waals surface area contributed by atoms with E-state index in [1.165, 1.54) is 46.8 Å². The molecule has 3 rings (SSSR count). The first-order valence-electron chi connectivity index (χ1n) is 9.04. The smallest absolute Gasteiger partial charge is 0.338 e. The zero-order valence-electron chi connectivity index (χ0n) is 15.4. The van der Waals surface area contributed by atoms with Crippen molar-refractivity contribution in [2.24, 2.45) is 0 Å². The van der Waals surface area contributed by atoms with Gasteiger partial charge in [-0.3, -0.25) is 4.79 Å². The van der Waals surface area contributed by atoms with Gasteiger partial charge < -0.3 is 4.74 Å². The average molecular weight is 456 g/mol. The molecule has 9 heteroatoms. The van der Waals surface area contributed by atoms with E-state index in [1.54, 1.807) is 0 Å². The molecule has 1 saturated heterocycles. The van der Waals surface area contributed by atoms with E-state index in [4.69, 9.17) is 27.9 Å². The van der Waals surface area contributed by atoms with Crippen LogP contribution >= 0.6 is 23.2 Å². The van der Waals surface area contributed by atoms with Crippen LogP contribution in [0.2, 0.25) is 10.0 Å². The number of ketones is 1. The largest absolute Gasteiger partial charge is 0.454 e. The number of esters is 1. The summed E-state index contributed by atoms with van der Waals surface area (Å²) < 4.78 is 32.0. The molecule has 0 radical (unpaired) electrons. The van der Waals surface area contributed by atoms with Crippen molar-refractivity contribution in [3.05, 3.63) is 63.6 Å². The summed E-state index contributed by atoms with van der Waals surface area (Å²) in [4.78, 5) is 24.6. The Balaban J connectivity index is 1.70. The lowest BCUT2D eigenvalue weighted by molar-refractivity contribution is 0.0474. The molecule has 0 bridgehead atoms. The fraction of sp³-hybridized carbons (Fsp3) is 0.300. The molecule has 154 valence electrons. The van der Waals surface area contributed by atoms with E-state index in [0.29, 0.717) is 18.1 Å². The normalized spacial score (nSPS) is 15.1. The second kappa shape index (κ2) is 9.26. The topological polar surface area (TPSA) is 80.8 Å². The third-order valence-corrected chi connectivity index (χ3v) is 7.03. The summed E-state index contributed by atoms with van der Waals surface area (Å²) in [6.07, 6.45) is 2.64. The van der Waals surface area contributed by atoms with Gasteiger partial charge in [0.2, 0.25) is 15.8 Å². The minimum Gasteiger partial charge on any atom is -0.454 e. The molecule has 2 aromatic carbocycles. The van der Waals surface area contributed by atoms with E-state index < -0.39 is 28.4 Å². The van der Waals surface area contributed by atoms with Gasteiger partial charge in [-0.2, -0.15) is 4.31 Å². The standard InChI is InChI=1S/C20H19Cl2NO5S/c21-15-7-8-17(18(22)12-15)19(24)13-28-20(25)14-5-4-6-16(11-14)29(26,27)23-9-2-1-3-10-23/h4-8,11-12H,1-3,9-10,13H2. The first-order valence-corrected chi connectivity index (χ1v) is 11.2. The molecule has 1 aliphatic rings. The van der Waals surface area contributed by atoms with Gasteiger partial charge in [0, 0.05) is 23.7 Å². The SMILES string of the molecule is O=C(OCC(=O)c1ccc(Cl)cc1Cl)c1cccc(S(=O)(=O)N2CCCCC2)c1. The highest BCUT2D eigenvalue weighted by Gasteiger charge is 2.26. The first kappa shape index (κ1) is 21.8. The highest BCUT2D eigenvalue weighted by Crippen LogP contribution is 2.23. The Bertz CT molecular complexity index is 1030.